The average Bonchev–Trinajstić information content (AvgIpc) is 2.33. The Kier molecular flexibility index (Phi) is 4.23. The van der Waals surface area contributed by atoms with Crippen LogP contribution in [0, 0.1) is 0 Å². The Labute approximate surface area is 106 Å². The van der Waals surface area contributed by atoms with Crippen molar-refractivity contribution in [2.75, 3.05) is 18.4 Å². The van der Waals surface area contributed by atoms with E-state index in [2.05, 4.69) is 16.0 Å². The van der Waals surface area contributed by atoms with E-state index >= 15 is 0 Å². The maximum atomic E-state index is 11.7. The van der Waals surface area contributed by atoms with Gasteiger partial charge < -0.3 is 16.0 Å². The van der Waals surface area contributed by atoms with Crippen LogP contribution in [0.5, 0.6) is 0 Å². The molecule has 1 atom stereocenters. The van der Waals surface area contributed by atoms with E-state index in [9.17, 15) is 4.79 Å². The minimum atomic E-state index is -0.166. The number of carbonyl (C=O) groups excluding carboxylic acids is 1. The zero-order valence-corrected chi connectivity index (χ0v) is 10.3. The molecule has 0 saturated carbocycles. The molecule has 92 valence electrons. The van der Waals surface area contributed by atoms with Crippen LogP contribution in [-0.4, -0.2) is 25.2 Å². The van der Waals surface area contributed by atoms with Gasteiger partial charge in [0.25, 0.3) is 0 Å². The highest BCUT2D eigenvalue weighted by molar-refractivity contribution is 6.30. The molecule has 1 aliphatic heterocycles. The Morgan fingerprint density at radius 2 is 2.12 bits per heavy atom. The van der Waals surface area contributed by atoms with Crippen LogP contribution < -0.4 is 16.0 Å². The number of urea groups is 1. The van der Waals surface area contributed by atoms with E-state index in [1.165, 1.54) is 0 Å². The molecule has 17 heavy (non-hydrogen) atoms. The van der Waals surface area contributed by atoms with E-state index < -0.39 is 0 Å². The maximum absolute atomic E-state index is 11.7. The molecule has 1 aromatic rings. The highest BCUT2D eigenvalue weighted by Gasteiger charge is 2.14. The molecule has 5 heteroatoms. The number of halogens is 1. The minimum Gasteiger partial charge on any atom is -0.334 e. The molecular weight excluding hydrogens is 238 g/mol. The second-order valence-electron chi connectivity index (χ2n) is 4.15. The number of rotatable bonds is 2. The number of amides is 2. The predicted octanol–water partition coefficient (Wildman–Crippen LogP) is 2.21. The average molecular weight is 254 g/mol. The van der Waals surface area contributed by atoms with Crippen molar-refractivity contribution < 1.29 is 4.79 Å². The fourth-order valence-electron chi connectivity index (χ4n) is 1.86. The van der Waals surface area contributed by atoms with Gasteiger partial charge in [-0.15, -0.1) is 0 Å². The van der Waals surface area contributed by atoms with Crippen LogP contribution in [0.2, 0.25) is 5.02 Å². The van der Waals surface area contributed by atoms with E-state index in [0.29, 0.717) is 5.02 Å². The number of benzene rings is 1. The Hall–Kier alpha value is -1.26. The second-order valence-corrected chi connectivity index (χ2v) is 4.59. The van der Waals surface area contributed by atoms with Gasteiger partial charge in [-0.25, -0.2) is 4.79 Å². The molecule has 1 fully saturated rings. The number of piperidine rings is 1. The van der Waals surface area contributed by atoms with E-state index in [1.807, 2.05) is 0 Å². The van der Waals surface area contributed by atoms with Crippen LogP contribution in [0.3, 0.4) is 0 Å². The Morgan fingerprint density at radius 3 is 2.76 bits per heavy atom. The first-order chi connectivity index (χ1) is 8.24. The summed E-state index contributed by atoms with van der Waals surface area (Å²) in [4.78, 5) is 11.7. The highest BCUT2D eigenvalue weighted by atomic mass is 35.5. The summed E-state index contributed by atoms with van der Waals surface area (Å²) in [6.45, 7) is 1.88. The van der Waals surface area contributed by atoms with Crippen LogP contribution in [-0.2, 0) is 0 Å². The van der Waals surface area contributed by atoms with Gasteiger partial charge in [0, 0.05) is 23.3 Å². The third-order valence-corrected chi connectivity index (χ3v) is 2.99. The minimum absolute atomic E-state index is 0.166. The van der Waals surface area contributed by atoms with Crippen molar-refractivity contribution in [1.29, 1.82) is 0 Å². The summed E-state index contributed by atoms with van der Waals surface area (Å²) in [7, 11) is 0. The Morgan fingerprint density at radius 1 is 1.35 bits per heavy atom. The summed E-state index contributed by atoms with van der Waals surface area (Å²) in [6.07, 6.45) is 2.13. The first kappa shape index (κ1) is 12.2. The molecule has 0 aliphatic carbocycles. The van der Waals surface area contributed by atoms with Crippen molar-refractivity contribution >= 4 is 23.3 Å². The zero-order valence-electron chi connectivity index (χ0n) is 9.50. The molecule has 4 nitrogen and oxygen atoms in total. The molecule has 1 aliphatic rings. The lowest BCUT2D eigenvalue weighted by molar-refractivity contribution is 0.245. The van der Waals surface area contributed by atoms with Gasteiger partial charge in [-0.3, -0.25) is 0 Å². The number of anilines is 1. The van der Waals surface area contributed by atoms with Crippen LogP contribution in [0.15, 0.2) is 24.3 Å². The van der Waals surface area contributed by atoms with Gasteiger partial charge in [-0.1, -0.05) is 11.6 Å². The normalized spacial score (nSPS) is 19.7. The van der Waals surface area contributed by atoms with Crippen molar-refractivity contribution in [2.24, 2.45) is 0 Å². The van der Waals surface area contributed by atoms with Gasteiger partial charge in [0.1, 0.15) is 0 Å². The molecule has 1 saturated heterocycles. The van der Waals surface area contributed by atoms with Crippen molar-refractivity contribution in [2.45, 2.75) is 18.9 Å². The third-order valence-electron chi connectivity index (χ3n) is 2.73. The summed E-state index contributed by atoms with van der Waals surface area (Å²) in [5, 5.41) is 9.63. The van der Waals surface area contributed by atoms with Crippen LogP contribution in [0.1, 0.15) is 12.8 Å². The molecule has 2 rings (SSSR count). The number of carbonyl (C=O) groups is 1. The third kappa shape index (κ3) is 3.91. The SMILES string of the molecule is O=C(Nc1ccc(Cl)cc1)N[C@@H]1CCCNC1. The summed E-state index contributed by atoms with van der Waals surface area (Å²) in [5.74, 6) is 0. The molecule has 3 N–H and O–H groups in total. The molecule has 0 aromatic heterocycles. The van der Waals surface area contributed by atoms with Gasteiger partial charge in [0.2, 0.25) is 0 Å². The maximum Gasteiger partial charge on any atom is 0.319 e. The smallest absolute Gasteiger partial charge is 0.319 e. The Balaban J connectivity index is 1.82. The van der Waals surface area contributed by atoms with E-state index in [4.69, 9.17) is 11.6 Å². The molecule has 0 spiro atoms. The number of nitrogens with one attached hydrogen (secondary N) is 3. The van der Waals surface area contributed by atoms with Crippen molar-refractivity contribution in [3.63, 3.8) is 0 Å². The number of hydrogen-bond acceptors (Lipinski definition) is 2. The van der Waals surface area contributed by atoms with Gasteiger partial charge in [0.15, 0.2) is 0 Å². The van der Waals surface area contributed by atoms with E-state index in [1.54, 1.807) is 24.3 Å². The first-order valence-electron chi connectivity index (χ1n) is 5.78. The first-order valence-corrected chi connectivity index (χ1v) is 6.15. The zero-order chi connectivity index (χ0) is 12.1. The van der Waals surface area contributed by atoms with E-state index in [0.717, 1.165) is 31.6 Å². The topological polar surface area (TPSA) is 53.2 Å². The summed E-state index contributed by atoms with van der Waals surface area (Å²) >= 11 is 5.77. The quantitative estimate of drug-likeness (QED) is 0.757. The van der Waals surface area contributed by atoms with Crippen molar-refractivity contribution in [3.05, 3.63) is 29.3 Å². The molecule has 1 heterocycles. The van der Waals surface area contributed by atoms with Crippen molar-refractivity contribution in [1.82, 2.24) is 10.6 Å². The lowest BCUT2D eigenvalue weighted by Crippen LogP contribution is -2.47. The molecule has 0 unspecified atom stereocenters. The van der Waals surface area contributed by atoms with Gasteiger partial charge in [0.05, 0.1) is 0 Å². The lowest BCUT2D eigenvalue weighted by atomic mass is 10.1. The second kappa shape index (κ2) is 5.89. The molecule has 0 radical (unpaired) electrons. The predicted molar refractivity (Wildman–Crippen MR) is 69.5 cm³/mol. The highest BCUT2D eigenvalue weighted by Crippen LogP contribution is 2.13. The van der Waals surface area contributed by atoms with Crippen molar-refractivity contribution in [3.8, 4) is 0 Å². The van der Waals surface area contributed by atoms with E-state index in [-0.39, 0.29) is 12.1 Å². The summed E-state index contributed by atoms with van der Waals surface area (Å²) < 4.78 is 0. The largest absolute Gasteiger partial charge is 0.334 e. The van der Waals surface area contributed by atoms with Gasteiger partial charge in [-0.05, 0) is 43.7 Å². The fraction of sp³-hybridized carbons (Fsp3) is 0.417. The molecule has 0 bridgehead atoms. The monoisotopic (exact) mass is 253 g/mol. The fourth-order valence-corrected chi connectivity index (χ4v) is 1.99. The molecule has 1 aromatic carbocycles. The summed E-state index contributed by atoms with van der Waals surface area (Å²) in [5.41, 5.74) is 0.746. The molecular formula is C12H16ClN3O. The van der Waals surface area contributed by atoms with Crippen LogP contribution in [0.25, 0.3) is 0 Å². The molecule has 2 amide bonds. The van der Waals surface area contributed by atoms with Crippen LogP contribution in [0.4, 0.5) is 10.5 Å². The standard InChI is InChI=1S/C12H16ClN3O/c13-9-3-5-10(6-4-9)15-12(17)16-11-2-1-7-14-8-11/h3-6,11,14H,1-2,7-8H2,(H2,15,16,17)/t11-/m1/s1. The number of hydrogen-bond donors (Lipinski definition) is 3. The summed E-state index contributed by atoms with van der Waals surface area (Å²) in [6, 6.07) is 7.11. The lowest BCUT2D eigenvalue weighted by Gasteiger charge is -2.23. The van der Waals surface area contributed by atoms with Gasteiger partial charge in [-0.2, -0.15) is 0 Å². The van der Waals surface area contributed by atoms with Crippen LogP contribution >= 0.6 is 11.6 Å². The Bertz CT molecular complexity index is 374. The van der Waals surface area contributed by atoms with Gasteiger partial charge >= 0.3 is 6.03 Å².